The van der Waals surface area contributed by atoms with Crippen molar-refractivity contribution in [3.05, 3.63) is 24.1 Å². The maximum absolute atomic E-state index is 6.04. The van der Waals surface area contributed by atoms with Crippen LogP contribution in [-0.2, 0) is 11.2 Å². The summed E-state index contributed by atoms with van der Waals surface area (Å²) in [4.78, 5) is 13.3. The number of morpholine rings is 1. The number of nitrogens with one attached hydrogen (secondary N) is 1. The van der Waals surface area contributed by atoms with Crippen molar-refractivity contribution in [2.75, 3.05) is 31.2 Å². The third-order valence-corrected chi connectivity index (χ3v) is 3.04. The Morgan fingerprint density at radius 2 is 2.26 bits per heavy atom. The van der Waals surface area contributed by atoms with Crippen molar-refractivity contribution in [3.8, 4) is 0 Å². The largest absolute Gasteiger partial charge is 0.378 e. The van der Waals surface area contributed by atoms with Crippen molar-refractivity contribution in [1.82, 2.24) is 20.1 Å². The van der Waals surface area contributed by atoms with E-state index in [2.05, 4.69) is 20.1 Å². The van der Waals surface area contributed by atoms with Crippen LogP contribution in [0.1, 0.15) is 17.6 Å². The van der Waals surface area contributed by atoms with Crippen LogP contribution in [0.2, 0.25) is 0 Å². The van der Waals surface area contributed by atoms with E-state index in [0.717, 1.165) is 18.8 Å². The monoisotopic (exact) mass is 264 g/mol. The van der Waals surface area contributed by atoms with Crippen LogP contribution in [0, 0.1) is 0 Å². The van der Waals surface area contributed by atoms with Gasteiger partial charge in [-0.25, -0.2) is 4.98 Å². The summed E-state index contributed by atoms with van der Waals surface area (Å²) in [5.41, 5.74) is 6.99. The second kappa shape index (κ2) is 5.37. The molecule has 0 saturated carbocycles. The minimum absolute atomic E-state index is 0.331. The Labute approximate surface area is 109 Å². The Hall–Kier alpha value is -1.93. The van der Waals surface area contributed by atoms with Gasteiger partial charge in [0, 0.05) is 31.4 Å². The molecule has 0 aromatic carbocycles. The number of hydrogen-bond donors (Lipinski definition) is 2. The van der Waals surface area contributed by atoms with Crippen LogP contribution in [0.5, 0.6) is 0 Å². The number of nitrogens with zero attached hydrogens (tertiary/aromatic N) is 4. The number of anilines is 1. The lowest BCUT2D eigenvalue weighted by atomic mass is 10.2. The molecular formula is C11H16N6O2. The van der Waals surface area contributed by atoms with Crippen LogP contribution in [0.4, 0.5) is 5.95 Å². The molecule has 1 fully saturated rings. The zero-order valence-electron chi connectivity index (χ0n) is 10.5. The first-order chi connectivity index (χ1) is 9.33. The Kier molecular flexibility index (Phi) is 3.43. The zero-order valence-corrected chi connectivity index (χ0v) is 10.5. The summed E-state index contributed by atoms with van der Waals surface area (Å²) in [5, 5.41) is 3.97. The normalized spacial score (nSPS) is 17.6. The summed E-state index contributed by atoms with van der Waals surface area (Å²) in [6.45, 7) is 2.91. The molecule has 2 aromatic heterocycles. The molecule has 2 aromatic rings. The number of rotatable bonds is 4. The van der Waals surface area contributed by atoms with E-state index in [9.17, 15) is 0 Å². The molecule has 0 bridgehead atoms. The molecule has 0 radical (unpaired) electrons. The highest BCUT2D eigenvalue weighted by Crippen LogP contribution is 2.17. The SMILES string of the molecule is N[C@@H](Cc1cnc[nH]1)c1nc(N2CCOCC2)no1. The number of imidazole rings is 1. The van der Waals surface area contributed by atoms with Crippen molar-refractivity contribution < 1.29 is 9.26 Å². The van der Waals surface area contributed by atoms with E-state index in [0.29, 0.717) is 31.5 Å². The Morgan fingerprint density at radius 3 is 3.00 bits per heavy atom. The molecule has 1 saturated heterocycles. The molecule has 0 aliphatic carbocycles. The van der Waals surface area contributed by atoms with E-state index in [1.165, 1.54) is 0 Å². The molecule has 3 rings (SSSR count). The van der Waals surface area contributed by atoms with Crippen LogP contribution in [-0.4, -0.2) is 46.4 Å². The van der Waals surface area contributed by atoms with Gasteiger partial charge in [0.15, 0.2) is 0 Å². The van der Waals surface area contributed by atoms with Gasteiger partial charge in [-0.1, -0.05) is 0 Å². The smallest absolute Gasteiger partial charge is 0.266 e. The minimum Gasteiger partial charge on any atom is -0.378 e. The second-order valence-electron chi connectivity index (χ2n) is 4.42. The average Bonchev–Trinajstić information content (AvgIpc) is 3.10. The quantitative estimate of drug-likeness (QED) is 0.792. The van der Waals surface area contributed by atoms with Crippen molar-refractivity contribution in [3.63, 3.8) is 0 Å². The lowest BCUT2D eigenvalue weighted by Crippen LogP contribution is -2.36. The van der Waals surface area contributed by atoms with Crippen molar-refractivity contribution in [2.45, 2.75) is 12.5 Å². The predicted octanol–water partition coefficient (Wildman–Crippen LogP) is -0.128. The number of H-pyrrole nitrogens is 1. The van der Waals surface area contributed by atoms with E-state index < -0.39 is 0 Å². The topological polar surface area (TPSA) is 106 Å². The highest BCUT2D eigenvalue weighted by molar-refractivity contribution is 5.28. The van der Waals surface area contributed by atoms with Crippen LogP contribution in [0.3, 0.4) is 0 Å². The van der Waals surface area contributed by atoms with Crippen molar-refractivity contribution in [2.24, 2.45) is 5.73 Å². The Morgan fingerprint density at radius 1 is 1.42 bits per heavy atom. The lowest BCUT2D eigenvalue weighted by Gasteiger charge is -2.24. The fraction of sp³-hybridized carbons (Fsp3) is 0.545. The molecule has 8 nitrogen and oxygen atoms in total. The van der Waals surface area contributed by atoms with Crippen LogP contribution < -0.4 is 10.6 Å². The van der Waals surface area contributed by atoms with E-state index in [1.54, 1.807) is 12.5 Å². The van der Waals surface area contributed by atoms with Gasteiger partial charge >= 0.3 is 0 Å². The summed E-state index contributed by atoms with van der Waals surface area (Å²) in [6.07, 6.45) is 3.94. The molecular weight excluding hydrogens is 248 g/mol. The molecule has 0 unspecified atom stereocenters. The highest BCUT2D eigenvalue weighted by Gasteiger charge is 2.20. The molecule has 102 valence electrons. The maximum atomic E-state index is 6.04. The van der Waals surface area contributed by atoms with E-state index in [-0.39, 0.29) is 6.04 Å². The molecule has 1 aliphatic rings. The van der Waals surface area contributed by atoms with Gasteiger partial charge in [0.25, 0.3) is 5.95 Å². The van der Waals surface area contributed by atoms with Gasteiger partial charge in [-0.2, -0.15) is 4.98 Å². The van der Waals surface area contributed by atoms with Crippen LogP contribution in [0.25, 0.3) is 0 Å². The Bertz CT molecular complexity index is 505. The van der Waals surface area contributed by atoms with E-state index in [1.807, 2.05) is 4.90 Å². The number of hydrogen-bond acceptors (Lipinski definition) is 7. The van der Waals surface area contributed by atoms with Crippen molar-refractivity contribution in [1.29, 1.82) is 0 Å². The first-order valence-electron chi connectivity index (χ1n) is 6.22. The minimum atomic E-state index is -0.331. The van der Waals surface area contributed by atoms with Gasteiger partial charge in [0.05, 0.1) is 25.6 Å². The summed E-state index contributed by atoms with van der Waals surface area (Å²) >= 11 is 0. The van der Waals surface area contributed by atoms with Gasteiger partial charge in [-0.05, 0) is 5.16 Å². The molecule has 1 aliphatic heterocycles. The molecule has 8 heteroatoms. The van der Waals surface area contributed by atoms with Crippen molar-refractivity contribution >= 4 is 5.95 Å². The predicted molar refractivity (Wildman–Crippen MR) is 66.6 cm³/mol. The lowest BCUT2D eigenvalue weighted by molar-refractivity contribution is 0.121. The third-order valence-electron chi connectivity index (χ3n) is 3.04. The van der Waals surface area contributed by atoms with Gasteiger partial charge in [0.2, 0.25) is 5.89 Å². The Balaban J connectivity index is 1.66. The summed E-state index contributed by atoms with van der Waals surface area (Å²) < 4.78 is 10.5. The third kappa shape index (κ3) is 2.74. The molecule has 0 amide bonds. The van der Waals surface area contributed by atoms with Crippen LogP contribution >= 0.6 is 0 Å². The van der Waals surface area contributed by atoms with Crippen LogP contribution in [0.15, 0.2) is 17.0 Å². The number of aromatic nitrogens is 4. The fourth-order valence-corrected chi connectivity index (χ4v) is 1.99. The molecule has 3 heterocycles. The molecule has 3 N–H and O–H groups in total. The number of aromatic amines is 1. The second-order valence-corrected chi connectivity index (χ2v) is 4.42. The molecule has 19 heavy (non-hydrogen) atoms. The summed E-state index contributed by atoms with van der Waals surface area (Å²) in [5.74, 6) is 1.02. The first kappa shape index (κ1) is 12.1. The van der Waals surface area contributed by atoms with Gasteiger partial charge in [0.1, 0.15) is 0 Å². The molecule has 1 atom stereocenters. The maximum Gasteiger partial charge on any atom is 0.266 e. The molecule has 0 spiro atoms. The van der Waals surface area contributed by atoms with E-state index in [4.69, 9.17) is 15.0 Å². The van der Waals surface area contributed by atoms with Gasteiger partial charge in [-0.3, -0.25) is 0 Å². The number of ether oxygens (including phenoxy) is 1. The standard InChI is InChI=1S/C11H16N6O2/c12-9(5-8-6-13-7-14-8)10-15-11(16-19-10)17-1-3-18-4-2-17/h6-7,9H,1-5,12H2,(H,13,14)/t9-/m0/s1. The van der Waals surface area contributed by atoms with E-state index >= 15 is 0 Å². The first-order valence-corrected chi connectivity index (χ1v) is 6.22. The number of nitrogens with two attached hydrogens (primary N) is 1. The van der Waals surface area contributed by atoms with Gasteiger partial charge in [-0.15, -0.1) is 0 Å². The summed E-state index contributed by atoms with van der Waals surface area (Å²) in [6, 6.07) is -0.331. The van der Waals surface area contributed by atoms with Gasteiger partial charge < -0.3 is 24.9 Å². The highest BCUT2D eigenvalue weighted by atomic mass is 16.5. The zero-order chi connectivity index (χ0) is 13.1. The summed E-state index contributed by atoms with van der Waals surface area (Å²) in [7, 11) is 0. The average molecular weight is 264 g/mol. The fourth-order valence-electron chi connectivity index (χ4n) is 1.99.